The van der Waals surface area contributed by atoms with Crippen molar-refractivity contribution >= 4 is 11.7 Å². The maximum atomic E-state index is 14.8. The molecule has 39 heavy (non-hydrogen) atoms. The summed E-state index contributed by atoms with van der Waals surface area (Å²) in [5.41, 5.74) is 5.66. The van der Waals surface area contributed by atoms with Crippen molar-refractivity contribution in [3.63, 3.8) is 0 Å². The van der Waals surface area contributed by atoms with Crippen LogP contribution in [0, 0.1) is 35.1 Å². The third kappa shape index (κ3) is 5.24. The Balaban J connectivity index is 1.38. The van der Waals surface area contributed by atoms with Crippen LogP contribution in [0.2, 0.25) is 0 Å². The standard InChI is InChI=1S/C29H30F4N4O2/c1-36-13-20-15-37(28(38)35-24-10-22(30)9-23(31)11-24)16-21(14-36)29(20,39)19-4-2-17(3-5-19)25-12-26(32)18(6-7-34)8-27(25)33/h2-5,8-12,20-21,39H,6-7,13-16,34H2,1H3,(H,35,38). The van der Waals surface area contributed by atoms with Crippen LogP contribution in [-0.2, 0) is 12.0 Å². The maximum absolute atomic E-state index is 14.8. The van der Waals surface area contributed by atoms with E-state index >= 15 is 0 Å². The zero-order valence-corrected chi connectivity index (χ0v) is 21.4. The third-order valence-corrected chi connectivity index (χ3v) is 7.80. The maximum Gasteiger partial charge on any atom is 0.321 e. The van der Waals surface area contributed by atoms with Crippen molar-refractivity contribution in [3.05, 3.63) is 89.0 Å². The summed E-state index contributed by atoms with van der Waals surface area (Å²) in [4.78, 5) is 16.6. The van der Waals surface area contributed by atoms with E-state index in [-0.39, 0.29) is 54.7 Å². The number of piperidine rings is 2. The molecule has 3 aromatic carbocycles. The number of nitrogens with zero attached hydrogens (tertiary/aromatic N) is 2. The first-order valence-corrected chi connectivity index (χ1v) is 12.8. The predicted octanol–water partition coefficient (Wildman–Crippen LogP) is 4.32. The number of carbonyl (C=O) groups is 1. The van der Waals surface area contributed by atoms with E-state index in [4.69, 9.17) is 5.73 Å². The molecule has 206 valence electrons. The van der Waals surface area contributed by atoms with Gasteiger partial charge in [0.25, 0.3) is 0 Å². The summed E-state index contributed by atoms with van der Waals surface area (Å²) in [6, 6.07) is 11.4. The van der Waals surface area contributed by atoms with Crippen molar-refractivity contribution in [1.82, 2.24) is 9.80 Å². The fourth-order valence-corrected chi connectivity index (χ4v) is 5.98. The van der Waals surface area contributed by atoms with E-state index in [0.717, 1.165) is 30.3 Å². The summed E-state index contributed by atoms with van der Waals surface area (Å²) in [7, 11) is 1.94. The molecule has 0 aliphatic carbocycles. The van der Waals surface area contributed by atoms with Crippen LogP contribution in [0.5, 0.6) is 0 Å². The van der Waals surface area contributed by atoms with E-state index in [9.17, 15) is 27.5 Å². The van der Waals surface area contributed by atoms with Crippen LogP contribution >= 0.6 is 0 Å². The molecule has 2 atom stereocenters. The Morgan fingerprint density at radius 1 is 0.949 bits per heavy atom. The molecular weight excluding hydrogens is 512 g/mol. The highest BCUT2D eigenvalue weighted by atomic mass is 19.1. The normalized spacial score (nSPS) is 23.1. The number of anilines is 1. The van der Waals surface area contributed by atoms with Crippen LogP contribution in [0.15, 0.2) is 54.6 Å². The third-order valence-electron chi connectivity index (χ3n) is 7.80. The molecule has 0 saturated carbocycles. The number of amides is 2. The molecule has 0 radical (unpaired) electrons. The number of urea groups is 1. The van der Waals surface area contributed by atoms with Gasteiger partial charge < -0.3 is 26.0 Å². The molecule has 2 fully saturated rings. The van der Waals surface area contributed by atoms with Crippen molar-refractivity contribution < 1.29 is 27.5 Å². The number of halogens is 4. The number of hydrogen-bond donors (Lipinski definition) is 3. The Hall–Kier alpha value is -3.47. The molecule has 6 nitrogen and oxygen atoms in total. The molecule has 5 rings (SSSR count). The quantitative estimate of drug-likeness (QED) is 0.420. The van der Waals surface area contributed by atoms with E-state index in [1.165, 1.54) is 0 Å². The average Bonchev–Trinajstić information content (AvgIpc) is 2.86. The van der Waals surface area contributed by atoms with Gasteiger partial charge in [-0.1, -0.05) is 24.3 Å². The van der Waals surface area contributed by atoms with Gasteiger partial charge in [-0.2, -0.15) is 0 Å². The zero-order valence-electron chi connectivity index (χ0n) is 21.4. The first-order chi connectivity index (χ1) is 18.6. The summed E-state index contributed by atoms with van der Waals surface area (Å²) in [6.07, 6.45) is 0.236. The lowest BCUT2D eigenvalue weighted by molar-refractivity contribution is -0.153. The number of fused-ring (bicyclic) bond motifs is 2. The Morgan fingerprint density at radius 3 is 2.15 bits per heavy atom. The van der Waals surface area contributed by atoms with Gasteiger partial charge >= 0.3 is 6.03 Å². The monoisotopic (exact) mass is 542 g/mol. The van der Waals surface area contributed by atoms with Crippen LogP contribution in [0.4, 0.5) is 28.0 Å². The largest absolute Gasteiger partial charge is 0.384 e. The number of nitrogens with two attached hydrogens (primary N) is 1. The predicted molar refractivity (Wildman–Crippen MR) is 140 cm³/mol. The molecule has 2 aliphatic heterocycles. The van der Waals surface area contributed by atoms with E-state index in [1.54, 1.807) is 29.2 Å². The van der Waals surface area contributed by atoms with Gasteiger partial charge in [-0.05, 0) is 61.0 Å². The first-order valence-electron chi connectivity index (χ1n) is 12.8. The Morgan fingerprint density at radius 2 is 1.56 bits per heavy atom. The summed E-state index contributed by atoms with van der Waals surface area (Å²) >= 11 is 0. The SMILES string of the molecule is CN1CC2CN(C(=O)Nc3cc(F)cc(F)c3)CC(C1)C2(O)c1ccc(-c2cc(F)c(CCN)cc2F)cc1. The highest BCUT2D eigenvalue weighted by molar-refractivity contribution is 5.89. The first kappa shape index (κ1) is 27.1. The molecule has 10 heteroatoms. The van der Waals surface area contributed by atoms with Crippen molar-refractivity contribution in [2.24, 2.45) is 17.6 Å². The smallest absolute Gasteiger partial charge is 0.321 e. The van der Waals surface area contributed by atoms with Crippen LogP contribution in [0.25, 0.3) is 11.1 Å². The van der Waals surface area contributed by atoms with Crippen LogP contribution in [0.3, 0.4) is 0 Å². The van der Waals surface area contributed by atoms with E-state index in [2.05, 4.69) is 10.2 Å². The number of hydrogen-bond acceptors (Lipinski definition) is 4. The van der Waals surface area contributed by atoms with Crippen molar-refractivity contribution in [3.8, 4) is 11.1 Å². The van der Waals surface area contributed by atoms with Gasteiger partial charge in [-0.15, -0.1) is 0 Å². The average molecular weight is 543 g/mol. The molecule has 2 heterocycles. The molecule has 3 aromatic rings. The van der Waals surface area contributed by atoms with Crippen molar-refractivity contribution in [2.45, 2.75) is 12.0 Å². The molecule has 2 bridgehead atoms. The minimum Gasteiger partial charge on any atom is -0.384 e. The van der Waals surface area contributed by atoms with Gasteiger partial charge in [0.05, 0.1) is 0 Å². The lowest BCUT2D eigenvalue weighted by Crippen LogP contribution is -2.65. The Kier molecular flexibility index (Phi) is 7.37. The Labute approximate surface area is 224 Å². The number of aliphatic hydroxyl groups is 1. The van der Waals surface area contributed by atoms with Gasteiger partial charge in [-0.3, -0.25) is 0 Å². The highest BCUT2D eigenvalue weighted by Crippen LogP contribution is 2.45. The number of benzene rings is 3. The second kappa shape index (κ2) is 10.6. The minimum atomic E-state index is -1.26. The molecule has 2 aliphatic rings. The van der Waals surface area contributed by atoms with Crippen LogP contribution in [-0.4, -0.2) is 60.7 Å². The van der Waals surface area contributed by atoms with Gasteiger partial charge in [0, 0.05) is 55.3 Å². The van der Waals surface area contributed by atoms with E-state index < -0.39 is 34.9 Å². The lowest BCUT2D eigenvalue weighted by atomic mass is 9.66. The molecule has 2 amide bonds. The second-order valence-electron chi connectivity index (χ2n) is 10.5. The summed E-state index contributed by atoms with van der Waals surface area (Å²) in [5, 5.41) is 14.6. The van der Waals surface area contributed by atoms with Crippen molar-refractivity contribution in [2.75, 3.05) is 45.1 Å². The van der Waals surface area contributed by atoms with E-state index in [0.29, 0.717) is 24.2 Å². The Bertz CT molecular complexity index is 1350. The second-order valence-corrected chi connectivity index (χ2v) is 10.5. The molecular formula is C29H30F4N4O2. The van der Waals surface area contributed by atoms with E-state index in [1.807, 2.05) is 7.05 Å². The molecule has 2 saturated heterocycles. The van der Waals surface area contributed by atoms with Gasteiger partial charge in [0.2, 0.25) is 0 Å². The molecule has 2 unspecified atom stereocenters. The summed E-state index contributed by atoms with van der Waals surface area (Å²) in [5.74, 6) is -3.39. The van der Waals surface area contributed by atoms with Gasteiger partial charge in [-0.25, -0.2) is 22.4 Å². The summed E-state index contributed by atoms with van der Waals surface area (Å²) in [6.45, 7) is 1.66. The molecule has 4 N–H and O–H groups in total. The topological polar surface area (TPSA) is 81.8 Å². The fourth-order valence-electron chi connectivity index (χ4n) is 5.98. The zero-order chi connectivity index (χ0) is 27.9. The highest BCUT2D eigenvalue weighted by Gasteiger charge is 2.53. The number of nitrogens with one attached hydrogen (secondary N) is 1. The minimum absolute atomic E-state index is 0.0101. The van der Waals surface area contributed by atoms with Gasteiger partial charge in [0.1, 0.15) is 28.9 Å². The summed E-state index contributed by atoms with van der Waals surface area (Å²) < 4.78 is 56.4. The fraction of sp³-hybridized carbons (Fsp3) is 0.345. The lowest BCUT2D eigenvalue weighted by Gasteiger charge is -2.55. The van der Waals surface area contributed by atoms with Crippen LogP contribution < -0.4 is 11.1 Å². The number of carbonyl (C=O) groups excluding carboxylic acids is 1. The number of rotatable bonds is 5. The van der Waals surface area contributed by atoms with Gasteiger partial charge in [0.15, 0.2) is 0 Å². The molecule has 0 spiro atoms. The van der Waals surface area contributed by atoms with Crippen LogP contribution in [0.1, 0.15) is 11.1 Å². The molecule has 0 aromatic heterocycles. The van der Waals surface area contributed by atoms with Crippen molar-refractivity contribution in [1.29, 1.82) is 0 Å². The number of likely N-dealkylation sites (tertiary alicyclic amines) is 2.